The third-order valence-corrected chi connectivity index (χ3v) is 3.71. The highest BCUT2D eigenvalue weighted by atomic mass is 32.2. The first kappa shape index (κ1) is 12.6. The molecule has 2 heterocycles. The van der Waals surface area contributed by atoms with Crippen LogP contribution in [0.5, 0.6) is 0 Å². The van der Waals surface area contributed by atoms with Crippen LogP contribution < -0.4 is 5.56 Å². The lowest BCUT2D eigenvalue weighted by molar-refractivity contribution is 0.129. The Bertz CT molecular complexity index is 413. The van der Waals surface area contributed by atoms with E-state index in [2.05, 4.69) is 16.9 Å². The molecule has 0 radical (unpaired) electrons. The lowest BCUT2D eigenvalue weighted by Gasteiger charge is -2.08. The number of thioether (sulfide) groups is 1. The zero-order valence-corrected chi connectivity index (χ0v) is 10.9. The van der Waals surface area contributed by atoms with Crippen LogP contribution in [0.1, 0.15) is 31.9 Å². The van der Waals surface area contributed by atoms with Gasteiger partial charge in [0.25, 0.3) is 5.56 Å². The van der Waals surface area contributed by atoms with Gasteiger partial charge in [-0.15, -0.1) is 0 Å². The number of hydrogen-bond donors (Lipinski definition) is 1. The smallest absolute Gasteiger partial charge is 0.251 e. The van der Waals surface area contributed by atoms with Gasteiger partial charge >= 0.3 is 0 Å². The van der Waals surface area contributed by atoms with Crippen molar-refractivity contribution in [1.82, 2.24) is 9.97 Å². The lowest BCUT2D eigenvalue weighted by atomic mass is 10.2. The van der Waals surface area contributed by atoms with Gasteiger partial charge in [0, 0.05) is 24.1 Å². The number of hydrogen-bond acceptors (Lipinski definition) is 4. The molecule has 1 atom stereocenters. The number of H-pyrrole nitrogens is 1. The topological polar surface area (TPSA) is 55.0 Å². The number of aryl methyl sites for hydroxylation is 1. The van der Waals surface area contributed by atoms with Crippen LogP contribution >= 0.6 is 11.8 Å². The van der Waals surface area contributed by atoms with E-state index in [0.717, 1.165) is 48.9 Å². The van der Waals surface area contributed by atoms with Gasteiger partial charge < -0.3 is 9.72 Å². The summed E-state index contributed by atoms with van der Waals surface area (Å²) in [5, 5.41) is 0.719. The third-order valence-electron chi connectivity index (χ3n) is 2.71. The summed E-state index contributed by atoms with van der Waals surface area (Å²) in [7, 11) is 0. The van der Waals surface area contributed by atoms with Crippen LogP contribution in [-0.4, -0.2) is 28.4 Å². The Labute approximate surface area is 105 Å². The Hall–Kier alpha value is -0.810. The molecular weight excluding hydrogens is 236 g/mol. The van der Waals surface area contributed by atoms with Gasteiger partial charge in [-0.2, -0.15) is 0 Å². The van der Waals surface area contributed by atoms with Crippen LogP contribution in [-0.2, 0) is 11.2 Å². The van der Waals surface area contributed by atoms with Gasteiger partial charge in [-0.1, -0.05) is 25.1 Å². The predicted molar refractivity (Wildman–Crippen MR) is 68.6 cm³/mol. The fourth-order valence-corrected chi connectivity index (χ4v) is 2.84. The second kappa shape index (κ2) is 6.21. The minimum atomic E-state index is -0.0571. The van der Waals surface area contributed by atoms with Crippen molar-refractivity contribution < 1.29 is 4.74 Å². The zero-order valence-electron chi connectivity index (χ0n) is 10.1. The van der Waals surface area contributed by atoms with Crippen LogP contribution in [0.25, 0.3) is 0 Å². The van der Waals surface area contributed by atoms with Crippen molar-refractivity contribution >= 4 is 11.8 Å². The van der Waals surface area contributed by atoms with E-state index in [0.29, 0.717) is 6.10 Å². The molecule has 17 heavy (non-hydrogen) atoms. The van der Waals surface area contributed by atoms with Crippen LogP contribution in [0, 0.1) is 0 Å². The summed E-state index contributed by atoms with van der Waals surface area (Å²) in [6.07, 6.45) is 4.45. The summed E-state index contributed by atoms with van der Waals surface area (Å²) in [5.74, 6) is 0.874. The van der Waals surface area contributed by atoms with Crippen molar-refractivity contribution in [2.24, 2.45) is 0 Å². The molecule has 1 fully saturated rings. The highest BCUT2D eigenvalue weighted by Crippen LogP contribution is 2.20. The maximum absolute atomic E-state index is 11.4. The van der Waals surface area contributed by atoms with Crippen molar-refractivity contribution in [1.29, 1.82) is 0 Å². The number of rotatable bonds is 5. The SMILES string of the molecule is CCCc1cc(=O)[nH]c(SCC2CCCO2)n1. The Kier molecular flexibility index (Phi) is 4.62. The van der Waals surface area contributed by atoms with Crippen LogP contribution in [0.4, 0.5) is 0 Å². The molecule has 1 aliphatic rings. The summed E-state index contributed by atoms with van der Waals surface area (Å²) in [4.78, 5) is 18.6. The van der Waals surface area contributed by atoms with Crippen molar-refractivity contribution in [3.05, 3.63) is 22.1 Å². The Morgan fingerprint density at radius 1 is 1.65 bits per heavy atom. The van der Waals surface area contributed by atoms with Gasteiger partial charge in [-0.3, -0.25) is 4.79 Å². The molecule has 1 aliphatic heterocycles. The highest BCUT2D eigenvalue weighted by molar-refractivity contribution is 7.99. The number of aromatic nitrogens is 2. The highest BCUT2D eigenvalue weighted by Gasteiger charge is 2.16. The molecule has 1 N–H and O–H groups in total. The standard InChI is InChI=1S/C12H18N2O2S/c1-2-4-9-7-11(15)14-12(13-9)17-8-10-5-3-6-16-10/h7,10H,2-6,8H2,1H3,(H,13,14,15). The quantitative estimate of drug-likeness (QED) is 0.645. The van der Waals surface area contributed by atoms with Gasteiger partial charge in [0.1, 0.15) is 0 Å². The summed E-state index contributed by atoms with van der Waals surface area (Å²) >= 11 is 1.58. The van der Waals surface area contributed by atoms with Gasteiger partial charge in [0.2, 0.25) is 0 Å². The molecule has 0 amide bonds. The number of nitrogens with zero attached hydrogens (tertiary/aromatic N) is 1. The van der Waals surface area contributed by atoms with E-state index >= 15 is 0 Å². The number of aromatic amines is 1. The molecule has 1 aromatic heterocycles. The molecule has 4 nitrogen and oxygen atoms in total. The zero-order chi connectivity index (χ0) is 12.1. The van der Waals surface area contributed by atoms with Gasteiger partial charge in [-0.25, -0.2) is 4.98 Å². The van der Waals surface area contributed by atoms with E-state index in [-0.39, 0.29) is 5.56 Å². The monoisotopic (exact) mass is 254 g/mol. The molecule has 2 rings (SSSR count). The van der Waals surface area contributed by atoms with E-state index < -0.39 is 0 Å². The summed E-state index contributed by atoms with van der Waals surface area (Å²) in [6, 6.07) is 1.58. The molecular formula is C12H18N2O2S. The second-order valence-corrected chi connectivity index (χ2v) is 5.25. The fraction of sp³-hybridized carbons (Fsp3) is 0.667. The van der Waals surface area contributed by atoms with Gasteiger partial charge in [-0.05, 0) is 19.3 Å². The van der Waals surface area contributed by atoms with Crippen molar-refractivity contribution in [3.8, 4) is 0 Å². The first-order chi connectivity index (χ1) is 8.28. The molecule has 0 saturated carbocycles. The van der Waals surface area contributed by atoms with Crippen molar-refractivity contribution in [2.45, 2.75) is 43.9 Å². The Balaban J connectivity index is 1.96. The molecule has 94 valence electrons. The van der Waals surface area contributed by atoms with E-state index in [4.69, 9.17) is 4.74 Å². The number of nitrogens with one attached hydrogen (secondary N) is 1. The number of ether oxygens (including phenoxy) is 1. The van der Waals surface area contributed by atoms with E-state index in [1.54, 1.807) is 17.8 Å². The van der Waals surface area contributed by atoms with Crippen molar-refractivity contribution in [3.63, 3.8) is 0 Å². The fourth-order valence-electron chi connectivity index (χ4n) is 1.88. The summed E-state index contributed by atoms with van der Waals surface area (Å²) < 4.78 is 5.54. The molecule has 0 bridgehead atoms. The van der Waals surface area contributed by atoms with Gasteiger partial charge in [0.15, 0.2) is 5.16 Å². The Morgan fingerprint density at radius 3 is 3.24 bits per heavy atom. The van der Waals surface area contributed by atoms with Crippen LogP contribution in [0.2, 0.25) is 0 Å². The largest absolute Gasteiger partial charge is 0.377 e. The molecule has 0 spiro atoms. The van der Waals surface area contributed by atoms with Gasteiger partial charge in [0.05, 0.1) is 6.10 Å². The average Bonchev–Trinajstić information content (AvgIpc) is 2.79. The van der Waals surface area contributed by atoms with Crippen molar-refractivity contribution in [2.75, 3.05) is 12.4 Å². The molecule has 1 saturated heterocycles. The second-order valence-electron chi connectivity index (χ2n) is 4.24. The minimum Gasteiger partial charge on any atom is -0.377 e. The maximum atomic E-state index is 11.4. The minimum absolute atomic E-state index is 0.0571. The van der Waals surface area contributed by atoms with E-state index in [9.17, 15) is 4.79 Å². The molecule has 1 unspecified atom stereocenters. The molecule has 0 aromatic carbocycles. The summed E-state index contributed by atoms with van der Waals surface area (Å²) in [5.41, 5.74) is 0.824. The summed E-state index contributed by atoms with van der Waals surface area (Å²) in [6.45, 7) is 2.95. The van der Waals surface area contributed by atoms with Crippen LogP contribution in [0.15, 0.2) is 16.0 Å². The molecule has 0 aliphatic carbocycles. The third kappa shape index (κ3) is 3.85. The first-order valence-electron chi connectivity index (χ1n) is 6.12. The van der Waals surface area contributed by atoms with E-state index in [1.807, 2.05) is 0 Å². The van der Waals surface area contributed by atoms with Crippen LogP contribution in [0.3, 0.4) is 0 Å². The first-order valence-corrected chi connectivity index (χ1v) is 7.11. The normalized spacial score (nSPS) is 19.7. The lowest BCUT2D eigenvalue weighted by Crippen LogP contribution is -2.12. The molecule has 5 heteroatoms. The maximum Gasteiger partial charge on any atom is 0.251 e. The molecule has 1 aromatic rings. The van der Waals surface area contributed by atoms with E-state index in [1.165, 1.54) is 0 Å². The Morgan fingerprint density at radius 2 is 2.53 bits per heavy atom. The predicted octanol–water partition coefficient (Wildman–Crippen LogP) is 1.99. The average molecular weight is 254 g/mol.